The third kappa shape index (κ3) is 5.82. The number of aliphatic carboxylic acids is 1. The highest BCUT2D eigenvalue weighted by Gasteiger charge is 2.47. The van der Waals surface area contributed by atoms with Gasteiger partial charge in [-0.25, -0.2) is 9.59 Å². The van der Waals surface area contributed by atoms with Crippen molar-refractivity contribution in [2.45, 2.75) is 30.6 Å². The van der Waals surface area contributed by atoms with Crippen molar-refractivity contribution in [2.75, 3.05) is 18.6 Å². The molecule has 0 saturated heterocycles. The molecule has 0 saturated carbocycles. The number of hydrogen-bond acceptors (Lipinski definition) is 5. The summed E-state index contributed by atoms with van der Waals surface area (Å²) in [5.41, 5.74) is 3.65. The number of rotatable bonds is 9. The first kappa shape index (κ1) is 25.4. The zero-order valence-electron chi connectivity index (χ0n) is 18.1. The van der Waals surface area contributed by atoms with Gasteiger partial charge in [-0.05, 0) is 40.7 Å². The van der Waals surface area contributed by atoms with E-state index in [0.717, 1.165) is 22.3 Å². The summed E-state index contributed by atoms with van der Waals surface area (Å²) < 4.78 is 45.5. The Morgan fingerprint density at radius 3 is 2.09 bits per heavy atom. The van der Waals surface area contributed by atoms with Gasteiger partial charge < -0.3 is 20.5 Å². The number of carbonyl (C=O) groups excluding carboxylic acids is 2. The number of thioether (sulfide) groups is 1. The van der Waals surface area contributed by atoms with E-state index in [1.54, 1.807) is 6.26 Å². The van der Waals surface area contributed by atoms with Gasteiger partial charge in [0.05, 0.1) is 0 Å². The van der Waals surface area contributed by atoms with Crippen molar-refractivity contribution in [1.29, 1.82) is 0 Å². The van der Waals surface area contributed by atoms with E-state index >= 15 is 0 Å². The van der Waals surface area contributed by atoms with Crippen molar-refractivity contribution >= 4 is 29.7 Å². The minimum Gasteiger partial charge on any atom is -0.480 e. The Bertz CT molecular complexity index is 1020. The van der Waals surface area contributed by atoms with Gasteiger partial charge in [0.15, 0.2) is 0 Å². The lowest BCUT2D eigenvalue weighted by molar-refractivity contribution is -0.169. The molecule has 0 radical (unpaired) electrons. The number of fused-ring (bicyclic) bond motifs is 3. The summed E-state index contributed by atoms with van der Waals surface area (Å²) in [7, 11) is 0. The summed E-state index contributed by atoms with van der Waals surface area (Å²) in [6.45, 7) is -0.239. The molecule has 3 N–H and O–H groups in total. The number of carboxylic acids is 1. The Morgan fingerprint density at radius 1 is 1.03 bits per heavy atom. The Morgan fingerprint density at radius 2 is 1.59 bits per heavy atom. The molecule has 0 heterocycles. The fourth-order valence-electron chi connectivity index (χ4n) is 3.80. The summed E-state index contributed by atoms with van der Waals surface area (Å²) in [4.78, 5) is 35.7. The first-order valence-corrected chi connectivity index (χ1v) is 11.7. The third-order valence-corrected chi connectivity index (χ3v) is 6.06. The van der Waals surface area contributed by atoms with Crippen molar-refractivity contribution in [3.8, 4) is 11.1 Å². The van der Waals surface area contributed by atoms with Crippen molar-refractivity contribution in [2.24, 2.45) is 0 Å². The Balaban J connectivity index is 1.68. The monoisotopic (exact) mass is 496 g/mol. The zero-order chi connectivity index (χ0) is 24.9. The van der Waals surface area contributed by atoms with E-state index in [1.165, 1.54) is 17.1 Å². The van der Waals surface area contributed by atoms with Crippen molar-refractivity contribution in [3.63, 3.8) is 0 Å². The molecule has 3 rings (SSSR count). The van der Waals surface area contributed by atoms with Crippen molar-refractivity contribution in [3.05, 3.63) is 59.7 Å². The van der Waals surface area contributed by atoms with Crippen LogP contribution in [0.3, 0.4) is 0 Å². The van der Waals surface area contributed by atoms with Crippen molar-refractivity contribution in [1.82, 2.24) is 10.6 Å². The lowest BCUT2D eigenvalue weighted by Crippen LogP contribution is -2.57. The van der Waals surface area contributed by atoms with E-state index in [9.17, 15) is 27.6 Å². The van der Waals surface area contributed by atoms with Gasteiger partial charge >= 0.3 is 18.2 Å². The second kappa shape index (κ2) is 10.8. The van der Waals surface area contributed by atoms with Crippen LogP contribution in [0.5, 0.6) is 0 Å². The molecule has 1 aliphatic carbocycles. The third-order valence-electron chi connectivity index (χ3n) is 5.42. The number of carbonyl (C=O) groups is 3. The fraction of sp³-hybridized carbons (Fsp3) is 0.348. The summed E-state index contributed by atoms with van der Waals surface area (Å²) in [5, 5.41) is 12.5. The number of hydrogen-bond donors (Lipinski definition) is 3. The second-order valence-electron chi connectivity index (χ2n) is 7.63. The predicted octanol–water partition coefficient (Wildman–Crippen LogP) is 3.78. The first-order chi connectivity index (χ1) is 16.1. The molecule has 2 aromatic rings. The molecule has 2 aromatic carbocycles. The van der Waals surface area contributed by atoms with Crippen LogP contribution in [0.15, 0.2) is 48.5 Å². The highest BCUT2D eigenvalue weighted by molar-refractivity contribution is 7.98. The van der Waals surface area contributed by atoms with Gasteiger partial charge in [0.1, 0.15) is 12.6 Å². The molecule has 1 aliphatic rings. The van der Waals surface area contributed by atoms with Crippen LogP contribution in [0.1, 0.15) is 23.5 Å². The van der Waals surface area contributed by atoms with E-state index in [-0.39, 0.29) is 18.9 Å². The highest BCUT2D eigenvalue weighted by Crippen LogP contribution is 2.44. The molecular formula is C23H23F3N2O5S. The summed E-state index contributed by atoms with van der Waals surface area (Å²) in [6, 6.07) is 10.4. The number of benzene rings is 2. The molecule has 0 fully saturated rings. The average Bonchev–Trinajstić information content (AvgIpc) is 3.11. The minimum atomic E-state index is -5.15. The molecule has 0 aromatic heterocycles. The van der Waals surface area contributed by atoms with Gasteiger partial charge in [0.25, 0.3) is 5.91 Å². The molecule has 0 bridgehead atoms. The standard InChI is InChI=1S/C23H23F3N2O5S/c1-34-11-10-18(21(30)31)27-20(29)19(23(24,25)26)28-22(32)33-12-17-15-8-4-2-6-13(15)14-7-3-5-9-16(14)17/h2-9,17-19H,10-12H2,1H3,(H,27,29)(H,28,32)(H,30,31). The van der Waals surface area contributed by atoms with E-state index < -0.39 is 36.2 Å². The fourth-order valence-corrected chi connectivity index (χ4v) is 4.27. The maximum absolute atomic E-state index is 13.5. The van der Waals surface area contributed by atoms with Gasteiger partial charge in [0.2, 0.25) is 6.04 Å². The van der Waals surface area contributed by atoms with Crippen molar-refractivity contribution < 1.29 is 37.4 Å². The maximum Gasteiger partial charge on any atom is 0.417 e. The van der Waals surface area contributed by atoms with E-state index in [1.807, 2.05) is 53.8 Å². The summed E-state index contributed by atoms with van der Waals surface area (Å²) in [5.74, 6) is -3.20. The maximum atomic E-state index is 13.5. The van der Waals surface area contributed by atoms with Crippen LogP contribution < -0.4 is 10.6 Å². The Labute approximate surface area is 198 Å². The van der Waals surface area contributed by atoms with Gasteiger partial charge in [-0.15, -0.1) is 0 Å². The first-order valence-electron chi connectivity index (χ1n) is 10.3. The van der Waals surface area contributed by atoms with Crippen LogP contribution in [0, 0.1) is 0 Å². The minimum absolute atomic E-state index is 0.0717. The lowest BCUT2D eigenvalue weighted by atomic mass is 9.98. The predicted molar refractivity (Wildman–Crippen MR) is 121 cm³/mol. The summed E-state index contributed by atoms with van der Waals surface area (Å²) in [6.07, 6.45) is -4.97. The molecule has 2 amide bonds. The van der Waals surface area contributed by atoms with Crippen LogP contribution in [-0.4, -0.2) is 60.0 Å². The number of alkyl halides is 3. The molecule has 2 unspecified atom stereocenters. The van der Waals surface area contributed by atoms with Crippen LogP contribution in [0.25, 0.3) is 11.1 Å². The van der Waals surface area contributed by atoms with Gasteiger partial charge in [-0.2, -0.15) is 24.9 Å². The van der Waals surface area contributed by atoms with Gasteiger partial charge in [0, 0.05) is 5.92 Å². The normalized spacial score (nSPS) is 14.5. The molecular weight excluding hydrogens is 473 g/mol. The van der Waals surface area contributed by atoms with Crippen LogP contribution in [-0.2, 0) is 14.3 Å². The molecule has 2 atom stereocenters. The van der Waals surface area contributed by atoms with Crippen LogP contribution in [0.4, 0.5) is 18.0 Å². The zero-order valence-corrected chi connectivity index (χ0v) is 18.9. The molecule has 11 heteroatoms. The van der Waals surface area contributed by atoms with Gasteiger partial charge in [-0.3, -0.25) is 4.79 Å². The number of halogens is 3. The van der Waals surface area contributed by atoms with E-state index in [2.05, 4.69) is 0 Å². The number of carboxylic acid groups (broad SMARTS) is 1. The number of amides is 2. The van der Waals surface area contributed by atoms with Crippen LogP contribution >= 0.6 is 11.8 Å². The molecule has 7 nitrogen and oxygen atoms in total. The Hall–Kier alpha value is -3.21. The Kier molecular flexibility index (Phi) is 8.08. The molecule has 182 valence electrons. The number of nitrogens with one attached hydrogen (secondary N) is 2. The van der Waals surface area contributed by atoms with E-state index in [0.29, 0.717) is 5.75 Å². The molecule has 0 spiro atoms. The molecule has 0 aliphatic heterocycles. The summed E-state index contributed by atoms with van der Waals surface area (Å²) >= 11 is 1.28. The smallest absolute Gasteiger partial charge is 0.417 e. The molecule has 34 heavy (non-hydrogen) atoms. The number of alkyl carbamates (subject to hydrolysis) is 1. The van der Waals surface area contributed by atoms with E-state index in [4.69, 9.17) is 9.84 Å². The highest BCUT2D eigenvalue weighted by atomic mass is 32.2. The van der Waals surface area contributed by atoms with Gasteiger partial charge in [-0.1, -0.05) is 48.5 Å². The number of ether oxygens (including phenoxy) is 1. The lowest BCUT2D eigenvalue weighted by Gasteiger charge is -2.23. The van der Waals surface area contributed by atoms with Crippen LogP contribution in [0.2, 0.25) is 0 Å². The topological polar surface area (TPSA) is 105 Å². The largest absolute Gasteiger partial charge is 0.480 e. The quantitative estimate of drug-likeness (QED) is 0.488. The second-order valence-corrected chi connectivity index (χ2v) is 8.61. The SMILES string of the molecule is CSCCC(NC(=O)C(NC(=O)OCC1c2ccccc2-c2ccccc21)C(F)(F)F)C(=O)O. The average molecular weight is 497 g/mol.